The van der Waals surface area contributed by atoms with Crippen LogP contribution in [0.2, 0.25) is 0 Å². The highest BCUT2D eigenvalue weighted by molar-refractivity contribution is 6.18. The Labute approximate surface area is 231 Å². The highest BCUT2D eigenvalue weighted by Gasteiger charge is 2.37. The van der Waals surface area contributed by atoms with Gasteiger partial charge in [0.1, 0.15) is 0 Å². The molecular formula is C32H40N4O3. The number of nitrogens with zero attached hydrogens (tertiary/aromatic N) is 2. The smallest absolute Gasteiger partial charge is 0.342 e. The number of piperazine rings is 1. The van der Waals surface area contributed by atoms with Crippen LogP contribution in [0.25, 0.3) is 16.5 Å². The molecular weight excluding hydrogens is 488 g/mol. The quantitative estimate of drug-likeness (QED) is 0.452. The molecule has 0 aliphatic carbocycles. The van der Waals surface area contributed by atoms with E-state index in [1.165, 1.54) is 0 Å². The van der Waals surface area contributed by atoms with Crippen molar-refractivity contribution in [1.29, 1.82) is 0 Å². The largest absolute Gasteiger partial charge is 0.459 e. The Balaban J connectivity index is 1.50. The number of hydrogen-bond donors (Lipinski definition) is 2. The summed E-state index contributed by atoms with van der Waals surface area (Å²) in [4.78, 5) is 35.0. The van der Waals surface area contributed by atoms with Crippen LogP contribution in [0.5, 0.6) is 0 Å². The summed E-state index contributed by atoms with van der Waals surface area (Å²) < 4.78 is 5.65. The minimum atomic E-state index is -0.441. The van der Waals surface area contributed by atoms with E-state index in [-0.39, 0.29) is 12.0 Å². The van der Waals surface area contributed by atoms with E-state index in [9.17, 15) is 9.59 Å². The summed E-state index contributed by atoms with van der Waals surface area (Å²) in [7, 11) is 0. The molecule has 2 aromatic carbocycles. The van der Waals surface area contributed by atoms with E-state index in [2.05, 4.69) is 55.0 Å². The number of carbonyl (C=O) groups is 2. The summed E-state index contributed by atoms with van der Waals surface area (Å²) in [5.41, 5.74) is 4.37. The van der Waals surface area contributed by atoms with Crippen molar-refractivity contribution in [3.05, 3.63) is 77.1 Å². The minimum absolute atomic E-state index is 0.128. The monoisotopic (exact) mass is 528 g/mol. The van der Waals surface area contributed by atoms with Gasteiger partial charge in [0.05, 0.1) is 17.4 Å². The number of benzene rings is 2. The van der Waals surface area contributed by atoms with Crippen LogP contribution in [0, 0.1) is 0 Å². The lowest BCUT2D eigenvalue weighted by Crippen LogP contribution is -2.53. The maximum absolute atomic E-state index is 14.0. The van der Waals surface area contributed by atoms with Gasteiger partial charge in [0.15, 0.2) is 0 Å². The molecule has 206 valence electrons. The minimum Gasteiger partial charge on any atom is -0.459 e. The number of H-pyrrole nitrogens is 1. The molecule has 0 bridgehead atoms. The Morgan fingerprint density at radius 3 is 2.49 bits per heavy atom. The molecule has 0 radical (unpaired) electrons. The first-order chi connectivity index (χ1) is 18.5. The van der Waals surface area contributed by atoms with Gasteiger partial charge in [-0.05, 0) is 57.0 Å². The van der Waals surface area contributed by atoms with Crippen molar-refractivity contribution in [2.75, 3.05) is 19.6 Å². The molecule has 7 nitrogen and oxygen atoms in total. The predicted molar refractivity (Wildman–Crippen MR) is 155 cm³/mol. The highest BCUT2D eigenvalue weighted by Crippen LogP contribution is 2.40. The van der Waals surface area contributed by atoms with Crippen molar-refractivity contribution >= 4 is 28.4 Å². The molecule has 1 fully saturated rings. The Hall–Kier alpha value is -3.42. The molecule has 2 N–H and O–H groups in total. The third-order valence-electron chi connectivity index (χ3n) is 7.54. The van der Waals surface area contributed by atoms with Gasteiger partial charge in [0.2, 0.25) is 0 Å². The molecule has 0 saturated carbocycles. The van der Waals surface area contributed by atoms with Crippen LogP contribution in [-0.2, 0) is 21.5 Å². The van der Waals surface area contributed by atoms with Crippen LogP contribution >= 0.6 is 0 Å². The van der Waals surface area contributed by atoms with Crippen LogP contribution < -0.4 is 5.32 Å². The van der Waals surface area contributed by atoms with Gasteiger partial charge in [-0.3, -0.25) is 9.69 Å². The molecule has 2 atom stereocenters. The SMILES string of the molecule is CC(C)OC(=O)C1=CN(C(=O)c2cccc(CN3C[C@@H](C)N[C@@H](C)C3)c2)CC(C)(C)c2c1[nH]c1ccccc21. The molecule has 39 heavy (non-hydrogen) atoms. The molecule has 5 rings (SSSR count). The van der Waals surface area contributed by atoms with Crippen molar-refractivity contribution in [3.63, 3.8) is 0 Å². The predicted octanol–water partition coefficient (Wildman–Crippen LogP) is 5.08. The second-order valence-corrected chi connectivity index (χ2v) is 12.1. The molecule has 1 amide bonds. The number of nitrogens with one attached hydrogen (secondary N) is 2. The standard InChI is InChI=1S/C32H40N4O3/c1-20(2)39-31(38)26-18-36(19-32(5,6)28-25-12-7-8-13-27(25)34-29(26)28)30(37)24-11-9-10-23(14-24)17-35-15-21(3)33-22(4)16-35/h7-14,18,20-22,33-34H,15-17,19H2,1-6H3/t21-,22+. The zero-order valence-electron chi connectivity index (χ0n) is 23.9. The van der Waals surface area contributed by atoms with Crippen LogP contribution in [-0.4, -0.2) is 64.5 Å². The Bertz CT molecular complexity index is 1410. The number of aromatic amines is 1. The normalized spacial score (nSPS) is 21.4. The van der Waals surface area contributed by atoms with E-state index >= 15 is 0 Å². The summed E-state index contributed by atoms with van der Waals surface area (Å²) in [6.07, 6.45) is 1.40. The number of aromatic nitrogens is 1. The Morgan fingerprint density at radius 2 is 1.77 bits per heavy atom. The van der Waals surface area contributed by atoms with E-state index in [4.69, 9.17) is 4.74 Å². The maximum atomic E-state index is 14.0. The first-order valence-electron chi connectivity index (χ1n) is 13.9. The number of para-hydroxylation sites is 1. The summed E-state index contributed by atoms with van der Waals surface area (Å²) in [5, 5.41) is 4.63. The first kappa shape index (κ1) is 27.2. The van der Waals surface area contributed by atoms with Gasteiger partial charge in [-0.2, -0.15) is 0 Å². The first-order valence-corrected chi connectivity index (χ1v) is 13.9. The van der Waals surface area contributed by atoms with Gasteiger partial charge in [-0.1, -0.05) is 44.2 Å². The van der Waals surface area contributed by atoms with Gasteiger partial charge < -0.3 is 19.9 Å². The van der Waals surface area contributed by atoms with Crippen molar-refractivity contribution in [2.24, 2.45) is 0 Å². The third-order valence-corrected chi connectivity index (χ3v) is 7.54. The van der Waals surface area contributed by atoms with Gasteiger partial charge in [-0.15, -0.1) is 0 Å². The molecule has 3 aromatic rings. The number of ether oxygens (including phenoxy) is 1. The fourth-order valence-corrected chi connectivity index (χ4v) is 6.18. The van der Waals surface area contributed by atoms with Crippen LogP contribution in [0.15, 0.2) is 54.7 Å². The number of fused-ring (bicyclic) bond motifs is 3. The van der Waals surface area contributed by atoms with E-state index in [0.29, 0.717) is 29.8 Å². The lowest BCUT2D eigenvalue weighted by Gasteiger charge is -2.36. The number of hydrogen-bond acceptors (Lipinski definition) is 5. The molecule has 3 heterocycles. The van der Waals surface area contributed by atoms with Crippen LogP contribution in [0.4, 0.5) is 0 Å². The molecule has 0 spiro atoms. The van der Waals surface area contributed by atoms with E-state index < -0.39 is 11.4 Å². The fraction of sp³-hybridized carbons (Fsp3) is 0.438. The van der Waals surface area contributed by atoms with Crippen molar-refractivity contribution < 1.29 is 14.3 Å². The Kier molecular flexibility index (Phi) is 7.40. The molecule has 1 aromatic heterocycles. The number of amides is 1. The van der Waals surface area contributed by atoms with Crippen molar-refractivity contribution in [2.45, 2.75) is 71.7 Å². The topological polar surface area (TPSA) is 77.7 Å². The van der Waals surface area contributed by atoms with E-state index in [1.54, 1.807) is 11.1 Å². The average molecular weight is 529 g/mol. The van der Waals surface area contributed by atoms with Crippen molar-refractivity contribution in [1.82, 2.24) is 20.1 Å². The second kappa shape index (κ2) is 10.6. The van der Waals surface area contributed by atoms with Crippen LogP contribution in [0.3, 0.4) is 0 Å². The summed E-state index contributed by atoms with van der Waals surface area (Å²) >= 11 is 0. The second-order valence-electron chi connectivity index (χ2n) is 12.1. The number of esters is 1. The average Bonchev–Trinajstić information content (AvgIpc) is 3.20. The zero-order chi connectivity index (χ0) is 27.9. The third kappa shape index (κ3) is 5.65. The lowest BCUT2D eigenvalue weighted by atomic mass is 9.81. The molecule has 7 heteroatoms. The van der Waals surface area contributed by atoms with Crippen LogP contribution in [0.1, 0.15) is 68.7 Å². The van der Waals surface area contributed by atoms with E-state index in [0.717, 1.165) is 47.4 Å². The molecule has 1 saturated heterocycles. The number of carbonyl (C=O) groups excluding carboxylic acids is 2. The lowest BCUT2D eigenvalue weighted by molar-refractivity contribution is -0.140. The summed E-state index contributed by atoms with van der Waals surface area (Å²) in [5.74, 6) is -0.569. The maximum Gasteiger partial charge on any atom is 0.342 e. The fourth-order valence-electron chi connectivity index (χ4n) is 6.18. The molecule has 0 unspecified atom stereocenters. The van der Waals surface area contributed by atoms with Gasteiger partial charge in [0, 0.05) is 66.3 Å². The molecule has 2 aliphatic rings. The summed E-state index contributed by atoms with van der Waals surface area (Å²) in [6.45, 7) is 15.5. The van der Waals surface area contributed by atoms with E-state index in [1.807, 2.05) is 50.2 Å². The number of rotatable bonds is 5. The van der Waals surface area contributed by atoms with Gasteiger partial charge in [-0.25, -0.2) is 4.79 Å². The summed E-state index contributed by atoms with van der Waals surface area (Å²) in [6, 6.07) is 16.8. The highest BCUT2D eigenvalue weighted by atomic mass is 16.5. The van der Waals surface area contributed by atoms with Gasteiger partial charge in [0.25, 0.3) is 5.91 Å². The van der Waals surface area contributed by atoms with Crippen molar-refractivity contribution in [3.8, 4) is 0 Å². The van der Waals surface area contributed by atoms with Gasteiger partial charge >= 0.3 is 5.97 Å². The zero-order valence-corrected chi connectivity index (χ0v) is 23.9. The molecule has 2 aliphatic heterocycles. The Morgan fingerprint density at radius 1 is 1.05 bits per heavy atom.